The number of rotatable bonds is 7. The molecule has 1 atom stereocenters. The number of carboxylic acid groups (broad SMARTS) is 1. The van der Waals surface area contributed by atoms with Crippen LogP contribution in [0.2, 0.25) is 0 Å². The number of hydrogen-bond acceptors (Lipinski definition) is 2. The molecule has 2 N–H and O–H groups in total. The van der Waals surface area contributed by atoms with Crippen molar-refractivity contribution in [3.63, 3.8) is 0 Å². The summed E-state index contributed by atoms with van der Waals surface area (Å²) in [5, 5.41) is 12.0. The van der Waals surface area contributed by atoms with Gasteiger partial charge in [-0.2, -0.15) is 0 Å². The first-order chi connectivity index (χ1) is 11.9. The molecule has 2 fully saturated rings. The fourth-order valence-electron chi connectivity index (χ4n) is 4.99. The van der Waals surface area contributed by atoms with E-state index in [1.165, 1.54) is 38.5 Å². The monoisotopic (exact) mass is 351 g/mol. The summed E-state index contributed by atoms with van der Waals surface area (Å²) in [5.41, 5.74) is 0. The minimum atomic E-state index is -0.930. The molecule has 4 nitrogen and oxygen atoms in total. The fraction of sp³-hybridized carbons (Fsp3) is 0.905. The van der Waals surface area contributed by atoms with E-state index < -0.39 is 12.0 Å². The Morgan fingerprint density at radius 3 is 1.92 bits per heavy atom. The smallest absolute Gasteiger partial charge is 0.326 e. The molecule has 25 heavy (non-hydrogen) atoms. The molecule has 0 aromatic carbocycles. The van der Waals surface area contributed by atoms with Crippen molar-refractivity contribution in [3.05, 3.63) is 0 Å². The number of nitrogens with one attached hydrogen (secondary N) is 1. The van der Waals surface area contributed by atoms with Crippen LogP contribution in [-0.4, -0.2) is 23.0 Å². The maximum absolute atomic E-state index is 12.4. The average Bonchev–Trinajstić information content (AvgIpc) is 2.60. The van der Waals surface area contributed by atoms with Gasteiger partial charge in [0, 0.05) is 5.92 Å². The van der Waals surface area contributed by atoms with E-state index >= 15 is 0 Å². The second-order valence-electron chi connectivity index (χ2n) is 8.75. The van der Waals surface area contributed by atoms with Crippen LogP contribution in [0.3, 0.4) is 0 Å². The maximum atomic E-state index is 12.4. The summed E-state index contributed by atoms with van der Waals surface area (Å²) in [6, 6.07) is -0.765. The summed E-state index contributed by atoms with van der Waals surface area (Å²) in [6.07, 6.45) is 12.4. The van der Waals surface area contributed by atoms with Gasteiger partial charge < -0.3 is 10.4 Å². The largest absolute Gasteiger partial charge is 0.480 e. The van der Waals surface area contributed by atoms with E-state index in [0.29, 0.717) is 0 Å². The zero-order valence-corrected chi connectivity index (χ0v) is 16.3. The predicted octanol–water partition coefficient (Wildman–Crippen LogP) is 4.62. The Bertz CT molecular complexity index is 432. The van der Waals surface area contributed by atoms with Crippen molar-refractivity contribution in [3.8, 4) is 0 Å². The molecule has 0 aromatic rings. The topological polar surface area (TPSA) is 66.4 Å². The molecule has 1 amide bonds. The maximum Gasteiger partial charge on any atom is 0.326 e. The first-order valence-corrected chi connectivity index (χ1v) is 10.5. The Kier molecular flexibility index (Phi) is 7.77. The summed E-state index contributed by atoms with van der Waals surface area (Å²) < 4.78 is 0. The number of carbonyl (C=O) groups is 2. The van der Waals surface area contributed by atoms with Crippen molar-refractivity contribution in [1.82, 2.24) is 5.32 Å². The molecule has 2 saturated carbocycles. The average molecular weight is 352 g/mol. The molecule has 0 radical (unpaired) electrons. The minimum Gasteiger partial charge on any atom is -0.480 e. The second kappa shape index (κ2) is 9.59. The van der Waals surface area contributed by atoms with Crippen LogP contribution in [0, 0.1) is 29.6 Å². The molecule has 0 spiro atoms. The van der Waals surface area contributed by atoms with Crippen molar-refractivity contribution in [2.45, 2.75) is 91.0 Å². The van der Waals surface area contributed by atoms with Crippen molar-refractivity contribution in [2.24, 2.45) is 29.6 Å². The van der Waals surface area contributed by atoms with Gasteiger partial charge in [-0.05, 0) is 62.2 Å². The summed E-state index contributed by atoms with van der Waals surface area (Å²) in [4.78, 5) is 23.7. The van der Waals surface area contributed by atoms with E-state index in [2.05, 4.69) is 12.2 Å². The molecule has 2 aliphatic carbocycles. The standard InChI is InChI=1S/C21H37NO3/c1-4-5-15-6-8-16(9-7-15)17-10-12-18(13-11-17)20(23)22-19(14(2)3)21(24)25/h14-19H,4-13H2,1-3H3,(H,22,23)(H,24,25)/t15?,16?,17?,18?,19-/m0/s1. The molecule has 0 aromatic heterocycles. The van der Waals surface area contributed by atoms with Crippen molar-refractivity contribution >= 4 is 11.9 Å². The SMILES string of the molecule is CCCC1CCC(C2CCC(C(=O)N[C@H](C(=O)O)C(C)C)CC2)CC1. The molecule has 2 rings (SSSR count). The summed E-state index contributed by atoms with van der Waals surface area (Å²) in [6.45, 7) is 5.96. The molecule has 0 unspecified atom stereocenters. The third-order valence-electron chi connectivity index (χ3n) is 6.63. The molecule has 0 bridgehead atoms. The minimum absolute atomic E-state index is 0.00767. The zero-order valence-electron chi connectivity index (χ0n) is 16.3. The molecule has 144 valence electrons. The molecule has 0 saturated heterocycles. The molecular weight excluding hydrogens is 314 g/mol. The van der Waals surface area contributed by atoms with Gasteiger partial charge in [0.1, 0.15) is 6.04 Å². The highest BCUT2D eigenvalue weighted by molar-refractivity contribution is 5.85. The van der Waals surface area contributed by atoms with E-state index in [-0.39, 0.29) is 17.7 Å². The van der Waals surface area contributed by atoms with Gasteiger partial charge >= 0.3 is 5.97 Å². The highest BCUT2D eigenvalue weighted by Crippen LogP contribution is 2.42. The molecular formula is C21H37NO3. The van der Waals surface area contributed by atoms with Gasteiger partial charge in [-0.3, -0.25) is 4.79 Å². The van der Waals surface area contributed by atoms with Crippen molar-refractivity contribution in [2.75, 3.05) is 0 Å². The van der Waals surface area contributed by atoms with Gasteiger partial charge in [-0.25, -0.2) is 4.79 Å². The van der Waals surface area contributed by atoms with Crippen LogP contribution in [0.1, 0.15) is 85.0 Å². The molecule has 2 aliphatic rings. The van der Waals surface area contributed by atoms with Crippen LogP contribution >= 0.6 is 0 Å². The highest BCUT2D eigenvalue weighted by Gasteiger charge is 2.34. The third kappa shape index (κ3) is 5.72. The lowest BCUT2D eigenvalue weighted by Gasteiger charge is -2.37. The lowest BCUT2D eigenvalue weighted by atomic mass is 9.68. The van der Waals surface area contributed by atoms with E-state index in [4.69, 9.17) is 0 Å². The van der Waals surface area contributed by atoms with Gasteiger partial charge in [-0.15, -0.1) is 0 Å². The molecule has 4 heteroatoms. The van der Waals surface area contributed by atoms with Crippen molar-refractivity contribution in [1.29, 1.82) is 0 Å². The lowest BCUT2D eigenvalue weighted by molar-refractivity contribution is -0.144. The van der Waals surface area contributed by atoms with E-state index in [9.17, 15) is 14.7 Å². The number of amides is 1. The molecule has 0 heterocycles. The van der Waals surface area contributed by atoms with Crippen molar-refractivity contribution < 1.29 is 14.7 Å². The van der Waals surface area contributed by atoms with Gasteiger partial charge in [-0.1, -0.05) is 46.5 Å². The van der Waals surface area contributed by atoms with Crippen LogP contribution in [-0.2, 0) is 9.59 Å². The van der Waals surface area contributed by atoms with Crippen LogP contribution in [0.5, 0.6) is 0 Å². The third-order valence-corrected chi connectivity index (χ3v) is 6.63. The van der Waals surface area contributed by atoms with E-state index in [0.717, 1.165) is 43.4 Å². The van der Waals surface area contributed by atoms with Gasteiger partial charge in [0.05, 0.1) is 0 Å². The number of aliphatic carboxylic acids is 1. The quantitative estimate of drug-likeness (QED) is 0.703. The van der Waals surface area contributed by atoms with E-state index in [1.54, 1.807) is 0 Å². The van der Waals surface area contributed by atoms with E-state index in [1.807, 2.05) is 13.8 Å². The van der Waals surface area contributed by atoms with Gasteiger partial charge in [0.25, 0.3) is 0 Å². The number of carboxylic acids is 1. The van der Waals surface area contributed by atoms with Crippen LogP contribution in [0.15, 0.2) is 0 Å². The van der Waals surface area contributed by atoms with Gasteiger partial charge in [0.2, 0.25) is 5.91 Å². The molecule has 0 aliphatic heterocycles. The fourth-order valence-corrected chi connectivity index (χ4v) is 4.99. The Balaban J connectivity index is 1.76. The van der Waals surface area contributed by atoms with Crippen LogP contribution in [0.25, 0.3) is 0 Å². The van der Waals surface area contributed by atoms with Crippen LogP contribution < -0.4 is 5.32 Å². The Labute approximate surface area is 153 Å². The predicted molar refractivity (Wildman–Crippen MR) is 100 cm³/mol. The van der Waals surface area contributed by atoms with Gasteiger partial charge in [0.15, 0.2) is 0 Å². The second-order valence-corrected chi connectivity index (χ2v) is 8.75. The first kappa shape index (κ1) is 20.3. The Morgan fingerprint density at radius 2 is 1.48 bits per heavy atom. The Hall–Kier alpha value is -1.06. The van der Waals surface area contributed by atoms with Crippen LogP contribution in [0.4, 0.5) is 0 Å². The number of hydrogen-bond donors (Lipinski definition) is 2. The lowest BCUT2D eigenvalue weighted by Crippen LogP contribution is -2.47. The first-order valence-electron chi connectivity index (χ1n) is 10.5. The normalized spacial score (nSPS) is 31.5. The Morgan fingerprint density at radius 1 is 0.960 bits per heavy atom. The summed E-state index contributed by atoms with van der Waals surface area (Å²) in [5.74, 6) is 1.54. The summed E-state index contributed by atoms with van der Waals surface area (Å²) in [7, 11) is 0. The zero-order chi connectivity index (χ0) is 18.4. The summed E-state index contributed by atoms with van der Waals surface area (Å²) >= 11 is 0. The highest BCUT2D eigenvalue weighted by atomic mass is 16.4. The number of carbonyl (C=O) groups excluding carboxylic acids is 1.